The van der Waals surface area contributed by atoms with Crippen LogP contribution in [0.2, 0.25) is 0 Å². The number of ether oxygens (including phenoxy) is 2. The minimum absolute atomic E-state index is 0.111. The highest BCUT2D eigenvalue weighted by Crippen LogP contribution is 2.40. The minimum Gasteiger partial charge on any atom is -0.494 e. The van der Waals surface area contributed by atoms with E-state index >= 15 is 0 Å². The van der Waals surface area contributed by atoms with Gasteiger partial charge in [-0.3, -0.25) is 14.4 Å². The maximum atomic E-state index is 12.6. The van der Waals surface area contributed by atoms with E-state index in [1.54, 1.807) is 24.3 Å². The molecule has 1 aliphatic rings. The average Bonchev–Trinajstić information content (AvgIpc) is 2.66. The summed E-state index contributed by atoms with van der Waals surface area (Å²) in [6.45, 7) is 2.35. The molecule has 8 nitrogen and oxygen atoms in total. The van der Waals surface area contributed by atoms with Crippen LogP contribution in [0, 0.1) is 17.2 Å². The van der Waals surface area contributed by atoms with Crippen LogP contribution in [-0.4, -0.2) is 37.3 Å². The van der Waals surface area contributed by atoms with Crippen molar-refractivity contribution in [1.29, 1.82) is 5.26 Å². The Balaban J connectivity index is 2.53. The number of nitriles is 1. The second-order valence-electron chi connectivity index (χ2n) is 5.58. The molecule has 2 amide bonds. The van der Waals surface area contributed by atoms with Gasteiger partial charge in [-0.05, 0) is 24.6 Å². The first-order valence-corrected chi connectivity index (χ1v) is 9.08. The number of thioether (sulfide) groups is 1. The van der Waals surface area contributed by atoms with E-state index in [0.717, 1.165) is 11.8 Å². The normalized spacial score (nSPS) is 19.1. The summed E-state index contributed by atoms with van der Waals surface area (Å²) in [6, 6.07) is 8.83. The lowest BCUT2D eigenvalue weighted by Gasteiger charge is -2.30. The van der Waals surface area contributed by atoms with Crippen molar-refractivity contribution in [3.05, 3.63) is 40.4 Å². The smallest absolute Gasteiger partial charge is 0.319 e. The number of methoxy groups -OCH3 is 1. The second kappa shape index (κ2) is 9.09. The highest BCUT2D eigenvalue weighted by atomic mass is 32.2. The van der Waals surface area contributed by atoms with Crippen molar-refractivity contribution in [3.8, 4) is 11.8 Å². The zero-order chi connectivity index (χ0) is 20.0. The Labute approximate surface area is 160 Å². The van der Waals surface area contributed by atoms with Crippen LogP contribution in [0.25, 0.3) is 0 Å². The second-order valence-corrected chi connectivity index (χ2v) is 6.56. The van der Waals surface area contributed by atoms with Crippen LogP contribution in [0.4, 0.5) is 0 Å². The van der Waals surface area contributed by atoms with E-state index in [-0.39, 0.29) is 16.4 Å². The lowest BCUT2D eigenvalue weighted by atomic mass is 9.78. The summed E-state index contributed by atoms with van der Waals surface area (Å²) in [7, 11) is 1.18. The molecule has 2 rings (SSSR count). The fourth-order valence-electron chi connectivity index (χ4n) is 2.76. The number of primary amides is 1. The molecular formula is C18H19N3O5S. The van der Waals surface area contributed by atoms with Crippen LogP contribution in [-0.2, 0) is 19.1 Å². The van der Waals surface area contributed by atoms with Crippen molar-refractivity contribution in [2.45, 2.75) is 12.8 Å². The van der Waals surface area contributed by atoms with Crippen LogP contribution in [0.3, 0.4) is 0 Å². The predicted octanol–water partition coefficient (Wildman–Crippen LogP) is 1.04. The van der Waals surface area contributed by atoms with Gasteiger partial charge in [-0.1, -0.05) is 23.9 Å². The summed E-state index contributed by atoms with van der Waals surface area (Å²) in [6.07, 6.45) is 0. The van der Waals surface area contributed by atoms with Gasteiger partial charge in [-0.2, -0.15) is 5.26 Å². The first kappa shape index (κ1) is 20.3. The fourth-order valence-corrected chi connectivity index (χ4v) is 3.55. The molecule has 2 atom stereocenters. The molecule has 27 heavy (non-hydrogen) atoms. The van der Waals surface area contributed by atoms with E-state index in [4.69, 9.17) is 15.2 Å². The summed E-state index contributed by atoms with van der Waals surface area (Å²) in [5, 5.41) is 12.4. The maximum Gasteiger partial charge on any atom is 0.319 e. The number of carbonyl (C=O) groups is 3. The number of nitrogens with two attached hydrogens (primary N) is 1. The number of hydrogen-bond donors (Lipinski definition) is 2. The van der Waals surface area contributed by atoms with E-state index in [0.29, 0.717) is 17.9 Å². The molecule has 142 valence electrons. The topological polar surface area (TPSA) is 132 Å². The molecule has 1 aromatic rings. The predicted molar refractivity (Wildman–Crippen MR) is 98.3 cm³/mol. The molecule has 0 saturated carbocycles. The molecule has 1 heterocycles. The maximum absolute atomic E-state index is 12.6. The number of nitrogens with one attached hydrogen (secondary N) is 1. The Kier molecular flexibility index (Phi) is 6.85. The zero-order valence-corrected chi connectivity index (χ0v) is 15.7. The number of amides is 2. The SMILES string of the molecule is CCOc1ccc([C@@H]2C(C#N)=C(SCC(N)=O)NC(=O)[C@H]2C(=O)OC)cc1. The number of esters is 1. The third kappa shape index (κ3) is 4.60. The average molecular weight is 389 g/mol. The summed E-state index contributed by atoms with van der Waals surface area (Å²) < 4.78 is 10.2. The molecule has 0 saturated heterocycles. The van der Waals surface area contributed by atoms with E-state index in [1.807, 2.05) is 13.0 Å². The molecular weight excluding hydrogens is 370 g/mol. The van der Waals surface area contributed by atoms with Crippen LogP contribution in [0.1, 0.15) is 18.4 Å². The first-order chi connectivity index (χ1) is 12.9. The Morgan fingerprint density at radius 2 is 2.00 bits per heavy atom. The van der Waals surface area contributed by atoms with Crippen LogP contribution < -0.4 is 15.8 Å². The summed E-state index contributed by atoms with van der Waals surface area (Å²) in [5.41, 5.74) is 5.90. The summed E-state index contributed by atoms with van der Waals surface area (Å²) in [4.78, 5) is 35.9. The fraction of sp³-hybridized carbons (Fsp3) is 0.333. The Morgan fingerprint density at radius 3 is 2.52 bits per heavy atom. The molecule has 0 radical (unpaired) electrons. The van der Waals surface area contributed by atoms with Crippen LogP contribution >= 0.6 is 11.8 Å². The first-order valence-electron chi connectivity index (χ1n) is 8.09. The molecule has 3 N–H and O–H groups in total. The van der Waals surface area contributed by atoms with Crippen LogP contribution in [0.5, 0.6) is 5.75 Å². The highest BCUT2D eigenvalue weighted by Gasteiger charge is 2.44. The molecule has 1 aromatic carbocycles. The van der Waals surface area contributed by atoms with Crippen LogP contribution in [0.15, 0.2) is 34.9 Å². The molecule has 0 fully saturated rings. The number of nitrogens with zero attached hydrogens (tertiary/aromatic N) is 1. The van der Waals surface area contributed by atoms with Crippen molar-refractivity contribution >= 4 is 29.5 Å². The van der Waals surface area contributed by atoms with Crippen molar-refractivity contribution in [1.82, 2.24) is 5.32 Å². The lowest BCUT2D eigenvalue weighted by molar-refractivity contribution is -0.150. The molecule has 0 aliphatic carbocycles. The molecule has 1 aliphatic heterocycles. The highest BCUT2D eigenvalue weighted by molar-refractivity contribution is 8.03. The van der Waals surface area contributed by atoms with Crippen molar-refractivity contribution < 1.29 is 23.9 Å². The van der Waals surface area contributed by atoms with Gasteiger partial charge in [0.05, 0.1) is 36.1 Å². The third-order valence-corrected chi connectivity index (χ3v) is 4.93. The Hall–Kier alpha value is -2.99. The van der Waals surface area contributed by atoms with E-state index < -0.39 is 29.6 Å². The van der Waals surface area contributed by atoms with Gasteiger partial charge in [0.15, 0.2) is 0 Å². The zero-order valence-electron chi connectivity index (χ0n) is 14.9. The number of rotatable bonds is 7. The molecule has 9 heteroatoms. The standard InChI is InChI=1S/C18H19N3O5S/c1-3-26-11-6-4-10(5-7-11)14-12(8-19)17(27-9-13(20)22)21-16(23)15(14)18(24)25-2/h4-7,14-15H,3,9H2,1-2H3,(H2,20,22)(H,21,23)/t14-,15+/m1/s1. The number of allylic oxidation sites excluding steroid dienone is 1. The monoisotopic (exact) mass is 389 g/mol. The number of carbonyl (C=O) groups excluding carboxylic acids is 3. The minimum atomic E-state index is -1.22. The van der Waals surface area contributed by atoms with Crippen molar-refractivity contribution in [2.75, 3.05) is 19.5 Å². The van der Waals surface area contributed by atoms with Gasteiger partial charge in [-0.25, -0.2) is 0 Å². The molecule has 0 unspecified atom stereocenters. The summed E-state index contributed by atoms with van der Waals surface area (Å²) in [5.74, 6) is -3.50. The molecule has 0 spiro atoms. The van der Waals surface area contributed by atoms with Gasteiger partial charge < -0.3 is 20.5 Å². The van der Waals surface area contributed by atoms with Crippen molar-refractivity contribution in [2.24, 2.45) is 11.7 Å². The number of hydrogen-bond acceptors (Lipinski definition) is 7. The molecule has 0 bridgehead atoms. The van der Waals surface area contributed by atoms with E-state index in [9.17, 15) is 19.6 Å². The van der Waals surface area contributed by atoms with E-state index in [1.165, 1.54) is 7.11 Å². The van der Waals surface area contributed by atoms with Gasteiger partial charge in [0.2, 0.25) is 11.8 Å². The van der Waals surface area contributed by atoms with Gasteiger partial charge >= 0.3 is 5.97 Å². The quantitative estimate of drug-likeness (QED) is 0.526. The lowest BCUT2D eigenvalue weighted by Crippen LogP contribution is -2.44. The summed E-state index contributed by atoms with van der Waals surface area (Å²) >= 11 is 0.947. The molecule has 0 aromatic heterocycles. The Bertz CT molecular complexity index is 813. The van der Waals surface area contributed by atoms with E-state index in [2.05, 4.69) is 5.32 Å². The van der Waals surface area contributed by atoms with Gasteiger partial charge in [0.1, 0.15) is 11.7 Å². The van der Waals surface area contributed by atoms with Gasteiger partial charge in [-0.15, -0.1) is 0 Å². The number of benzene rings is 1. The van der Waals surface area contributed by atoms with Crippen molar-refractivity contribution in [3.63, 3.8) is 0 Å². The largest absolute Gasteiger partial charge is 0.494 e. The Morgan fingerprint density at radius 1 is 1.33 bits per heavy atom. The van der Waals surface area contributed by atoms with Gasteiger partial charge in [0.25, 0.3) is 0 Å². The van der Waals surface area contributed by atoms with Gasteiger partial charge in [0, 0.05) is 5.92 Å². The third-order valence-electron chi connectivity index (χ3n) is 3.89.